The Morgan fingerprint density at radius 2 is 1.90 bits per heavy atom. The fourth-order valence-corrected chi connectivity index (χ4v) is 3.83. The first kappa shape index (κ1) is 22.8. The number of benzene rings is 2. The van der Waals surface area contributed by atoms with Gasteiger partial charge in [0.15, 0.2) is 6.61 Å². The van der Waals surface area contributed by atoms with Gasteiger partial charge in [-0.2, -0.15) is 5.10 Å². The highest BCUT2D eigenvalue weighted by atomic mass is 32.2. The van der Waals surface area contributed by atoms with Crippen molar-refractivity contribution in [1.29, 1.82) is 0 Å². The molecule has 8 heteroatoms. The van der Waals surface area contributed by atoms with Crippen LogP contribution < -0.4 is 10.2 Å². The lowest BCUT2D eigenvalue weighted by molar-refractivity contribution is -0.137. The van der Waals surface area contributed by atoms with Crippen molar-refractivity contribution in [3.63, 3.8) is 0 Å². The molecule has 1 fully saturated rings. The standard InChI is InChI=1S/C23H27N3O4S/c1-18-4-2-3-5-20(18)16-31-17-22(27)25-24-14-19-6-8-21(9-7-19)30-15-23(28)26-10-12-29-13-11-26/h2-9,14H,10-13,15-17H2,1H3,(H,25,27)/b24-14-. The van der Waals surface area contributed by atoms with Crippen LogP contribution in [0.4, 0.5) is 0 Å². The maximum absolute atomic E-state index is 12.1. The van der Waals surface area contributed by atoms with Crippen LogP contribution in [0, 0.1) is 6.92 Å². The molecule has 2 amide bonds. The van der Waals surface area contributed by atoms with Crippen molar-refractivity contribution in [3.8, 4) is 5.75 Å². The van der Waals surface area contributed by atoms with Gasteiger partial charge in [0.05, 0.1) is 25.2 Å². The second-order valence-electron chi connectivity index (χ2n) is 7.06. The van der Waals surface area contributed by atoms with E-state index in [-0.39, 0.29) is 18.4 Å². The van der Waals surface area contributed by atoms with Crippen LogP contribution in [0.5, 0.6) is 5.75 Å². The Hall–Kier alpha value is -2.84. The summed E-state index contributed by atoms with van der Waals surface area (Å²) in [6.45, 7) is 4.42. The maximum atomic E-state index is 12.1. The van der Waals surface area contributed by atoms with Crippen molar-refractivity contribution >= 4 is 29.8 Å². The Morgan fingerprint density at radius 3 is 2.65 bits per heavy atom. The van der Waals surface area contributed by atoms with E-state index < -0.39 is 0 Å². The van der Waals surface area contributed by atoms with Crippen molar-refractivity contribution in [2.75, 3.05) is 38.7 Å². The van der Waals surface area contributed by atoms with E-state index in [1.54, 1.807) is 35.0 Å². The zero-order valence-corrected chi connectivity index (χ0v) is 18.4. The molecular formula is C23H27N3O4S. The van der Waals surface area contributed by atoms with E-state index >= 15 is 0 Å². The highest BCUT2D eigenvalue weighted by Crippen LogP contribution is 2.15. The summed E-state index contributed by atoms with van der Waals surface area (Å²) in [5.74, 6) is 1.55. The molecule has 2 aromatic carbocycles. The van der Waals surface area contributed by atoms with E-state index in [2.05, 4.69) is 29.6 Å². The summed E-state index contributed by atoms with van der Waals surface area (Å²) in [5, 5.41) is 4.00. The first-order chi connectivity index (χ1) is 15.1. The summed E-state index contributed by atoms with van der Waals surface area (Å²) in [6, 6.07) is 15.3. The molecule has 3 rings (SSSR count). The van der Waals surface area contributed by atoms with Gasteiger partial charge >= 0.3 is 0 Å². The molecule has 1 saturated heterocycles. The molecule has 164 valence electrons. The molecule has 0 radical (unpaired) electrons. The number of morpholine rings is 1. The SMILES string of the molecule is Cc1ccccc1CSCC(=O)N/N=C\c1ccc(OCC(=O)N2CCOCC2)cc1. The average Bonchev–Trinajstić information content (AvgIpc) is 2.80. The van der Waals surface area contributed by atoms with Gasteiger partial charge in [-0.15, -0.1) is 11.8 Å². The average molecular weight is 442 g/mol. The summed E-state index contributed by atoms with van der Waals surface area (Å²) < 4.78 is 10.8. The Morgan fingerprint density at radius 1 is 1.16 bits per heavy atom. The lowest BCUT2D eigenvalue weighted by atomic mass is 10.1. The third-order valence-electron chi connectivity index (χ3n) is 4.76. The Kier molecular flexibility index (Phi) is 8.93. The van der Waals surface area contributed by atoms with Gasteiger partial charge in [-0.05, 0) is 47.9 Å². The van der Waals surface area contributed by atoms with Gasteiger partial charge < -0.3 is 14.4 Å². The van der Waals surface area contributed by atoms with E-state index in [9.17, 15) is 9.59 Å². The number of hydrogen-bond acceptors (Lipinski definition) is 6. The fraction of sp³-hybridized carbons (Fsp3) is 0.348. The van der Waals surface area contributed by atoms with Gasteiger partial charge in [-0.3, -0.25) is 9.59 Å². The van der Waals surface area contributed by atoms with E-state index in [1.807, 2.05) is 24.3 Å². The second kappa shape index (κ2) is 12.1. The number of ether oxygens (including phenoxy) is 2. The van der Waals surface area contributed by atoms with E-state index in [0.717, 1.165) is 11.3 Å². The molecule has 0 atom stereocenters. The second-order valence-corrected chi connectivity index (χ2v) is 8.05. The molecule has 1 heterocycles. The molecule has 0 bridgehead atoms. The molecular weight excluding hydrogens is 414 g/mol. The molecule has 0 unspecified atom stereocenters. The molecule has 1 aliphatic heterocycles. The van der Waals surface area contributed by atoms with Crippen molar-refractivity contribution in [2.45, 2.75) is 12.7 Å². The van der Waals surface area contributed by atoms with E-state index in [4.69, 9.17) is 9.47 Å². The molecule has 0 spiro atoms. The van der Waals surface area contributed by atoms with Crippen LogP contribution >= 0.6 is 11.8 Å². The minimum absolute atomic E-state index is 0.00364. The van der Waals surface area contributed by atoms with E-state index in [1.165, 1.54) is 11.1 Å². The van der Waals surface area contributed by atoms with Crippen LogP contribution in [0.3, 0.4) is 0 Å². The quantitative estimate of drug-likeness (QED) is 0.478. The summed E-state index contributed by atoms with van der Waals surface area (Å²) in [7, 11) is 0. The smallest absolute Gasteiger partial charge is 0.260 e. The molecule has 1 aliphatic rings. The number of carbonyl (C=O) groups is 2. The number of hydrogen-bond donors (Lipinski definition) is 1. The van der Waals surface area contributed by atoms with Gasteiger partial charge in [0.25, 0.3) is 5.91 Å². The molecule has 2 aromatic rings. The molecule has 1 N–H and O–H groups in total. The van der Waals surface area contributed by atoms with Crippen LogP contribution in [-0.4, -0.2) is 61.6 Å². The molecule has 0 aliphatic carbocycles. The van der Waals surface area contributed by atoms with E-state index in [0.29, 0.717) is 37.8 Å². The zero-order valence-electron chi connectivity index (χ0n) is 17.6. The fourth-order valence-electron chi connectivity index (χ4n) is 2.94. The van der Waals surface area contributed by atoms with Crippen LogP contribution in [0.1, 0.15) is 16.7 Å². The van der Waals surface area contributed by atoms with Gasteiger partial charge in [-0.25, -0.2) is 5.43 Å². The number of hydrazone groups is 1. The predicted molar refractivity (Wildman–Crippen MR) is 122 cm³/mol. The first-order valence-electron chi connectivity index (χ1n) is 10.1. The number of nitrogens with one attached hydrogen (secondary N) is 1. The van der Waals surface area contributed by atoms with Crippen LogP contribution in [0.15, 0.2) is 53.6 Å². The lowest BCUT2D eigenvalue weighted by Crippen LogP contribution is -2.42. The number of aryl methyl sites for hydroxylation is 1. The van der Waals surface area contributed by atoms with Crippen LogP contribution in [0.2, 0.25) is 0 Å². The van der Waals surface area contributed by atoms with Crippen LogP contribution in [0.25, 0.3) is 0 Å². The van der Waals surface area contributed by atoms with Crippen molar-refractivity contribution in [2.24, 2.45) is 5.10 Å². The maximum Gasteiger partial charge on any atom is 0.260 e. The summed E-state index contributed by atoms with van der Waals surface area (Å²) in [6.07, 6.45) is 1.58. The summed E-state index contributed by atoms with van der Waals surface area (Å²) in [5.41, 5.74) is 5.82. The Labute approximate surface area is 186 Å². The number of carbonyl (C=O) groups excluding carboxylic acids is 2. The highest BCUT2D eigenvalue weighted by molar-refractivity contribution is 7.99. The largest absolute Gasteiger partial charge is 0.484 e. The lowest BCUT2D eigenvalue weighted by Gasteiger charge is -2.26. The van der Waals surface area contributed by atoms with Crippen molar-refractivity contribution in [3.05, 3.63) is 65.2 Å². The molecule has 31 heavy (non-hydrogen) atoms. The van der Waals surface area contributed by atoms with Gasteiger partial charge in [0, 0.05) is 18.8 Å². The zero-order chi connectivity index (χ0) is 21.9. The Balaban J connectivity index is 1.35. The van der Waals surface area contributed by atoms with Gasteiger partial charge in [0.1, 0.15) is 5.75 Å². The number of thioether (sulfide) groups is 1. The van der Waals surface area contributed by atoms with Crippen molar-refractivity contribution in [1.82, 2.24) is 10.3 Å². The number of rotatable bonds is 9. The Bertz CT molecular complexity index is 896. The molecule has 7 nitrogen and oxygen atoms in total. The monoisotopic (exact) mass is 441 g/mol. The third-order valence-corrected chi connectivity index (χ3v) is 5.74. The number of nitrogens with zero attached hydrogens (tertiary/aromatic N) is 2. The van der Waals surface area contributed by atoms with Crippen molar-refractivity contribution < 1.29 is 19.1 Å². The van der Waals surface area contributed by atoms with Gasteiger partial charge in [0.2, 0.25) is 5.91 Å². The summed E-state index contributed by atoms with van der Waals surface area (Å²) in [4.78, 5) is 25.8. The molecule has 0 aromatic heterocycles. The summed E-state index contributed by atoms with van der Waals surface area (Å²) >= 11 is 1.55. The molecule has 0 saturated carbocycles. The van der Waals surface area contributed by atoms with Crippen LogP contribution in [-0.2, 0) is 20.1 Å². The minimum atomic E-state index is -0.142. The highest BCUT2D eigenvalue weighted by Gasteiger charge is 2.17. The normalized spacial score (nSPS) is 13.9. The predicted octanol–water partition coefficient (Wildman–Crippen LogP) is 2.62. The topological polar surface area (TPSA) is 80.2 Å². The number of amides is 2. The van der Waals surface area contributed by atoms with Gasteiger partial charge in [-0.1, -0.05) is 24.3 Å². The third kappa shape index (κ3) is 7.73. The first-order valence-corrected chi connectivity index (χ1v) is 11.3. The minimum Gasteiger partial charge on any atom is -0.484 e.